The molecule has 158 valence electrons. The Labute approximate surface area is 188 Å². The monoisotopic (exact) mass is 455 g/mol. The van der Waals surface area contributed by atoms with Crippen LogP contribution in [0.5, 0.6) is 11.5 Å². The van der Waals surface area contributed by atoms with Gasteiger partial charge >= 0.3 is 5.97 Å². The second-order valence-electron chi connectivity index (χ2n) is 6.10. The molecule has 0 radical (unpaired) electrons. The number of carbonyl (C=O) groups excluding carboxylic acids is 1. The van der Waals surface area contributed by atoms with Crippen molar-refractivity contribution in [3.63, 3.8) is 0 Å². The van der Waals surface area contributed by atoms with Gasteiger partial charge in [0.2, 0.25) is 0 Å². The first kappa shape index (κ1) is 22.2. The number of nitriles is 1. The minimum atomic E-state index is -0.561. The van der Waals surface area contributed by atoms with Gasteiger partial charge in [-0.3, -0.25) is 0 Å². The summed E-state index contributed by atoms with van der Waals surface area (Å²) in [6.07, 6.45) is 1.48. The van der Waals surface area contributed by atoms with Gasteiger partial charge in [0.25, 0.3) is 0 Å². The topological polar surface area (TPSA) is 93.5 Å². The third-order valence-corrected chi connectivity index (χ3v) is 5.42. The lowest BCUT2D eigenvalue weighted by Crippen LogP contribution is -2.07. The zero-order chi connectivity index (χ0) is 22.4. The van der Waals surface area contributed by atoms with E-state index in [2.05, 4.69) is 16.4 Å². The second kappa shape index (κ2) is 9.98. The highest BCUT2D eigenvalue weighted by Gasteiger charge is 2.17. The molecule has 0 aliphatic rings. The Balaban J connectivity index is 1.93. The lowest BCUT2D eigenvalue weighted by molar-refractivity contribution is 0.0601. The summed E-state index contributed by atoms with van der Waals surface area (Å²) in [5, 5.41) is 15.7. The normalized spacial score (nSPS) is 10.9. The van der Waals surface area contributed by atoms with E-state index in [4.69, 9.17) is 25.8 Å². The van der Waals surface area contributed by atoms with Crippen molar-refractivity contribution in [2.45, 2.75) is 0 Å². The molecule has 0 fully saturated rings. The number of hydrogen-bond donors (Lipinski definition) is 1. The number of hydrogen-bond acceptors (Lipinski definition) is 8. The van der Waals surface area contributed by atoms with Crippen molar-refractivity contribution in [3.05, 3.63) is 63.6 Å². The Hall–Kier alpha value is -3.54. The van der Waals surface area contributed by atoms with Crippen LogP contribution < -0.4 is 14.8 Å². The van der Waals surface area contributed by atoms with Crippen LogP contribution >= 0.6 is 22.9 Å². The van der Waals surface area contributed by atoms with Crippen molar-refractivity contribution in [3.8, 4) is 28.8 Å². The zero-order valence-corrected chi connectivity index (χ0v) is 18.5. The van der Waals surface area contributed by atoms with Crippen LogP contribution in [-0.4, -0.2) is 32.3 Å². The Kier molecular flexibility index (Phi) is 7.13. The van der Waals surface area contributed by atoms with Crippen LogP contribution in [0.15, 0.2) is 48.0 Å². The number of ether oxygens (including phenoxy) is 3. The summed E-state index contributed by atoms with van der Waals surface area (Å²) in [6.45, 7) is 0. The van der Waals surface area contributed by atoms with E-state index in [1.54, 1.807) is 18.2 Å². The molecular formula is C22H18ClN3O4S. The first-order chi connectivity index (χ1) is 15.0. The van der Waals surface area contributed by atoms with E-state index in [-0.39, 0.29) is 5.56 Å². The van der Waals surface area contributed by atoms with Crippen molar-refractivity contribution < 1.29 is 19.0 Å². The molecule has 0 bridgehead atoms. The number of nitrogens with zero attached hydrogens (tertiary/aromatic N) is 2. The lowest BCUT2D eigenvalue weighted by atomic mass is 10.1. The molecule has 9 heteroatoms. The highest BCUT2D eigenvalue weighted by Crippen LogP contribution is 2.34. The third-order valence-electron chi connectivity index (χ3n) is 4.30. The standard InChI is InChI=1S/C22H18ClN3O4S/c1-28-19-8-16(22(27)30-3)17(9-20(19)29-2)25-11-14(10-24)21-26-18(12-31-21)13-4-6-15(23)7-5-13/h4-9,11-12,25H,1-3H3. The number of esters is 1. The predicted octanol–water partition coefficient (Wildman–Crippen LogP) is 5.24. The molecule has 3 rings (SSSR count). The van der Waals surface area contributed by atoms with Gasteiger partial charge < -0.3 is 19.5 Å². The number of benzene rings is 2. The number of carbonyl (C=O) groups is 1. The van der Waals surface area contributed by atoms with Crippen molar-refractivity contribution in [2.24, 2.45) is 0 Å². The van der Waals surface area contributed by atoms with Gasteiger partial charge in [-0.05, 0) is 12.1 Å². The fourth-order valence-corrected chi connectivity index (χ4v) is 3.64. The summed E-state index contributed by atoms with van der Waals surface area (Å²) >= 11 is 7.27. The minimum absolute atomic E-state index is 0.231. The maximum absolute atomic E-state index is 12.2. The summed E-state index contributed by atoms with van der Waals surface area (Å²) in [4.78, 5) is 16.7. The fraction of sp³-hybridized carbons (Fsp3) is 0.136. The summed E-state index contributed by atoms with van der Waals surface area (Å²) in [7, 11) is 4.25. The Morgan fingerprint density at radius 3 is 2.45 bits per heavy atom. The molecule has 0 atom stereocenters. The van der Waals surface area contributed by atoms with E-state index in [0.717, 1.165) is 11.3 Å². The summed E-state index contributed by atoms with van der Waals surface area (Å²) in [6, 6.07) is 12.5. The van der Waals surface area contributed by atoms with Gasteiger partial charge in [-0.25, -0.2) is 9.78 Å². The molecule has 1 N–H and O–H groups in total. The Morgan fingerprint density at radius 1 is 1.16 bits per heavy atom. The largest absolute Gasteiger partial charge is 0.493 e. The van der Waals surface area contributed by atoms with E-state index in [1.807, 2.05) is 17.5 Å². The van der Waals surface area contributed by atoms with Gasteiger partial charge in [-0.1, -0.05) is 23.7 Å². The van der Waals surface area contributed by atoms with Gasteiger partial charge in [0.15, 0.2) is 11.5 Å². The van der Waals surface area contributed by atoms with Crippen molar-refractivity contribution in [1.29, 1.82) is 5.26 Å². The molecule has 0 spiro atoms. The maximum Gasteiger partial charge on any atom is 0.340 e. The number of allylic oxidation sites excluding steroid dienone is 1. The molecule has 1 aromatic heterocycles. The quantitative estimate of drug-likeness (QED) is 0.384. The number of anilines is 1. The van der Waals surface area contributed by atoms with Crippen molar-refractivity contribution in [2.75, 3.05) is 26.6 Å². The van der Waals surface area contributed by atoms with Crippen LogP contribution in [0.2, 0.25) is 5.02 Å². The van der Waals surface area contributed by atoms with Crippen molar-refractivity contribution in [1.82, 2.24) is 4.98 Å². The molecule has 0 unspecified atom stereocenters. The molecular weight excluding hydrogens is 438 g/mol. The smallest absolute Gasteiger partial charge is 0.340 e. The van der Waals surface area contributed by atoms with Gasteiger partial charge in [-0.2, -0.15) is 5.26 Å². The van der Waals surface area contributed by atoms with Crippen molar-refractivity contribution >= 4 is 40.2 Å². The highest BCUT2D eigenvalue weighted by atomic mass is 35.5. The number of methoxy groups -OCH3 is 3. The number of rotatable bonds is 7. The zero-order valence-electron chi connectivity index (χ0n) is 16.9. The van der Waals surface area contributed by atoms with Gasteiger partial charge in [0.05, 0.1) is 38.3 Å². The number of halogens is 1. The Bertz CT molecular complexity index is 1170. The first-order valence-electron chi connectivity index (χ1n) is 8.93. The molecule has 3 aromatic rings. The molecule has 0 amide bonds. The number of nitrogens with one attached hydrogen (secondary N) is 1. The summed E-state index contributed by atoms with van der Waals surface area (Å²) < 4.78 is 15.4. The van der Waals surface area contributed by atoms with E-state index in [0.29, 0.717) is 32.8 Å². The third kappa shape index (κ3) is 4.97. The van der Waals surface area contributed by atoms with Crippen LogP contribution in [-0.2, 0) is 4.74 Å². The average molecular weight is 456 g/mol. The van der Waals surface area contributed by atoms with Crippen LogP contribution in [0.3, 0.4) is 0 Å². The van der Waals surface area contributed by atoms with Crippen LogP contribution in [0.4, 0.5) is 5.69 Å². The highest BCUT2D eigenvalue weighted by molar-refractivity contribution is 7.11. The minimum Gasteiger partial charge on any atom is -0.493 e. The maximum atomic E-state index is 12.2. The first-order valence-corrected chi connectivity index (χ1v) is 10.2. The number of thiazole rings is 1. The lowest BCUT2D eigenvalue weighted by Gasteiger charge is -2.13. The summed E-state index contributed by atoms with van der Waals surface area (Å²) in [5.41, 5.74) is 2.56. The van der Waals surface area contributed by atoms with Crippen LogP contribution in [0.25, 0.3) is 16.8 Å². The molecule has 0 aliphatic heterocycles. The van der Waals surface area contributed by atoms with E-state index in [1.165, 1.54) is 44.9 Å². The number of aromatic nitrogens is 1. The van der Waals surface area contributed by atoms with E-state index < -0.39 is 5.97 Å². The van der Waals surface area contributed by atoms with Gasteiger partial charge in [0, 0.05) is 34.3 Å². The second-order valence-corrected chi connectivity index (χ2v) is 7.40. The fourth-order valence-electron chi connectivity index (χ4n) is 2.72. The molecule has 0 saturated heterocycles. The molecule has 31 heavy (non-hydrogen) atoms. The van der Waals surface area contributed by atoms with Gasteiger partial charge in [-0.15, -0.1) is 11.3 Å². The predicted molar refractivity (Wildman–Crippen MR) is 121 cm³/mol. The molecule has 1 heterocycles. The summed E-state index contributed by atoms with van der Waals surface area (Å²) in [5.74, 6) is 0.240. The molecule has 0 aliphatic carbocycles. The molecule has 7 nitrogen and oxygen atoms in total. The Morgan fingerprint density at radius 2 is 1.84 bits per heavy atom. The van der Waals surface area contributed by atoms with E-state index >= 15 is 0 Å². The van der Waals surface area contributed by atoms with Gasteiger partial charge in [0.1, 0.15) is 16.6 Å². The van der Waals surface area contributed by atoms with E-state index in [9.17, 15) is 10.1 Å². The molecule has 0 saturated carbocycles. The van der Waals surface area contributed by atoms with Crippen LogP contribution in [0.1, 0.15) is 15.4 Å². The molecule has 2 aromatic carbocycles. The SMILES string of the molecule is COC(=O)c1cc(OC)c(OC)cc1NC=C(C#N)c1nc(-c2ccc(Cl)cc2)cs1. The van der Waals surface area contributed by atoms with Crippen LogP contribution in [0, 0.1) is 11.3 Å². The average Bonchev–Trinajstić information content (AvgIpc) is 3.29.